The van der Waals surface area contributed by atoms with Crippen molar-refractivity contribution in [1.82, 2.24) is 4.90 Å². The van der Waals surface area contributed by atoms with Gasteiger partial charge in [0.25, 0.3) is 0 Å². The number of carbonyl (C=O) groups is 1. The van der Waals surface area contributed by atoms with Crippen molar-refractivity contribution in [2.45, 2.75) is 51.0 Å². The molecule has 0 aromatic carbocycles. The summed E-state index contributed by atoms with van der Waals surface area (Å²) >= 11 is 0. The SMILES string of the molecule is COCC(N)CN(C)C(=O)CCC1CCCCC1. The highest BCUT2D eigenvalue weighted by molar-refractivity contribution is 5.75. The minimum atomic E-state index is -0.0846. The van der Waals surface area contributed by atoms with Gasteiger partial charge in [0.2, 0.25) is 5.91 Å². The quantitative estimate of drug-likeness (QED) is 0.755. The van der Waals surface area contributed by atoms with Crippen LogP contribution in [0.3, 0.4) is 0 Å². The average molecular weight is 256 g/mol. The minimum absolute atomic E-state index is 0.0846. The zero-order valence-electron chi connectivity index (χ0n) is 11.9. The van der Waals surface area contributed by atoms with Gasteiger partial charge in [-0.05, 0) is 12.3 Å². The number of rotatable bonds is 7. The summed E-state index contributed by atoms with van der Waals surface area (Å²) in [7, 11) is 3.46. The number of hydrogen-bond acceptors (Lipinski definition) is 3. The first-order chi connectivity index (χ1) is 8.63. The van der Waals surface area contributed by atoms with E-state index in [-0.39, 0.29) is 11.9 Å². The fourth-order valence-electron chi connectivity index (χ4n) is 2.71. The third kappa shape index (κ3) is 5.83. The molecule has 1 atom stereocenters. The Kier molecular flexibility index (Phi) is 7.28. The monoisotopic (exact) mass is 256 g/mol. The molecular weight excluding hydrogens is 228 g/mol. The van der Waals surface area contributed by atoms with Crippen molar-refractivity contribution in [3.05, 3.63) is 0 Å². The molecule has 0 bridgehead atoms. The first-order valence-electron chi connectivity index (χ1n) is 7.12. The molecule has 1 amide bonds. The smallest absolute Gasteiger partial charge is 0.222 e. The lowest BCUT2D eigenvalue weighted by Crippen LogP contribution is -2.41. The second kappa shape index (κ2) is 8.48. The molecule has 18 heavy (non-hydrogen) atoms. The van der Waals surface area contributed by atoms with Gasteiger partial charge in [0, 0.05) is 33.2 Å². The maximum Gasteiger partial charge on any atom is 0.222 e. The number of hydrogen-bond donors (Lipinski definition) is 1. The Morgan fingerprint density at radius 3 is 2.67 bits per heavy atom. The van der Waals surface area contributed by atoms with Crippen LogP contribution in [0.4, 0.5) is 0 Å². The Hall–Kier alpha value is -0.610. The van der Waals surface area contributed by atoms with E-state index in [9.17, 15) is 4.79 Å². The van der Waals surface area contributed by atoms with E-state index >= 15 is 0 Å². The number of nitrogens with zero attached hydrogens (tertiary/aromatic N) is 1. The highest BCUT2D eigenvalue weighted by atomic mass is 16.5. The Bertz CT molecular complexity index is 240. The van der Waals surface area contributed by atoms with Crippen LogP contribution in [-0.2, 0) is 9.53 Å². The van der Waals surface area contributed by atoms with Crippen molar-refractivity contribution in [2.75, 3.05) is 27.3 Å². The van der Waals surface area contributed by atoms with Gasteiger partial charge in [-0.1, -0.05) is 32.1 Å². The Morgan fingerprint density at radius 2 is 2.06 bits per heavy atom. The van der Waals surface area contributed by atoms with Crippen LogP contribution in [0.25, 0.3) is 0 Å². The van der Waals surface area contributed by atoms with Crippen molar-refractivity contribution < 1.29 is 9.53 Å². The zero-order chi connectivity index (χ0) is 13.4. The number of carbonyl (C=O) groups excluding carboxylic acids is 1. The standard InChI is InChI=1S/C14H28N2O2/c1-16(10-13(15)11-18-2)14(17)9-8-12-6-4-3-5-7-12/h12-13H,3-11,15H2,1-2H3. The molecule has 2 N–H and O–H groups in total. The largest absolute Gasteiger partial charge is 0.383 e. The molecule has 0 aliphatic heterocycles. The highest BCUT2D eigenvalue weighted by Crippen LogP contribution is 2.27. The second-order valence-electron chi connectivity index (χ2n) is 5.53. The van der Waals surface area contributed by atoms with Crippen LogP contribution in [0.1, 0.15) is 44.9 Å². The molecule has 0 radical (unpaired) electrons. The van der Waals surface area contributed by atoms with Gasteiger partial charge in [-0.15, -0.1) is 0 Å². The summed E-state index contributed by atoms with van der Waals surface area (Å²) in [6.45, 7) is 1.08. The van der Waals surface area contributed by atoms with E-state index in [1.54, 1.807) is 12.0 Å². The molecule has 1 fully saturated rings. The van der Waals surface area contributed by atoms with Gasteiger partial charge >= 0.3 is 0 Å². The fraction of sp³-hybridized carbons (Fsp3) is 0.929. The van der Waals surface area contributed by atoms with Gasteiger partial charge < -0.3 is 15.4 Å². The number of ether oxygens (including phenoxy) is 1. The zero-order valence-corrected chi connectivity index (χ0v) is 11.9. The molecule has 4 nitrogen and oxygen atoms in total. The van der Waals surface area contributed by atoms with Crippen LogP contribution in [0.2, 0.25) is 0 Å². The van der Waals surface area contributed by atoms with Gasteiger partial charge in [0.15, 0.2) is 0 Å². The predicted octanol–water partition coefficient (Wildman–Crippen LogP) is 1.78. The molecule has 1 saturated carbocycles. The lowest BCUT2D eigenvalue weighted by molar-refractivity contribution is -0.130. The molecule has 4 heteroatoms. The van der Waals surface area contributed by atoms with Crippen molar-refractivity contribution in [1.29, 1.82) is 0 Å². The lowest BCUT2D eigenvalue weighted by Gasteiger charge is -2.24. The lowest BCUT2D eigenvalue weighted by atomic mass is 9.86. The van der Waals surface area contributed by atoms with E-state index in [0.29, 0.717) is 19.6 Å². The van der Waals surface area contributed by atoms with Crippen LogP contribution in [0.15, 0.2) is 0 Å². The number of nitrogens with two attached hydrogens (primary N) is 1. The minimum Gasteiger partial charge on any atom is -0.383 e. The van der Waals surface area contributed by atoms with E-state index < -0.39 is 0 Å². The molecule has 1 unspecified atom stereocenters. The summed E-state index contributed by atoms with van der Waals surface area (Å²) in [6.07, 6.45) is 8.38. The Morgan fingerprint density at radius 1 is 1.39 bits per heavy atom. The van der Waals surface area contributed by atoms with Crippen molar-refractivity contribution >= 4 is 5.91 Å². The molecule has 0 heterocycles. The molecule has 1 rings (SSSR count). The van der Waals surface area contributed by atoms with Gasteiger partial charge in [-0.2, -0.15) is 0 Å². The van der Waals surface area contributed by atoms with E-state index in [1.165, 1.54) is 32.1 Å². The summed E-state index contributed by atoms with van der Waals surface area (Å²) in [5.41, 5.74) is 5.84. The van der Waals surface area contributed by atoms with Crippen LogP contribution >= 0.6 is 0 Å². The van der Waals surface area contributed by atoms with Crippen molar-refractivity contribution in [3.63, 3.8) is 0 Å². The highest BCUT2D eigenvalue weighted by Gasteiger charge is 2.17. The first kappa shape index (κ1) is 15.4. The summed E-state index contributed by atoms with van der Waals surface area (Å²) in [5.74, 6) is 0.982. The Balaban J connectivity index is 2.18. The molecule has 1 aliphatic rings. The summed E-state index contributed by atoms with van der Waals surface area (Å²) in [4.78, 5) is 13.7. The molecule has 0 saturated heterocycles. The van der Waals surface area contributed by atoms with Crippen LogP contribution in [0.5, 0.6) is 0 Å². The predicted molar refractivity (Wildman–Crippen MR) is 73.3 cm³/mol. The van der Waals surface area contributed by atoms with Gasteiger partial charge in [-0.3, -0.25) is 4.79 Å². The van der Waals surface area contributed by atoms with E-state index in [1.807, 2.05) is 7.05 Å². The molecule has 0 aromatic heterocycles. The third-order valence-electron chi connectivity index (χ3n) is 3.81. The number of amides is 1. The molecule has 0 aromatic rings. The topological polar surface area (TPSA) is 55.6 Å². The van der Waals surface area contributed by atoms with E-state index in [2.05, 4.69) is 0 Å². The maximum absolute atomic E-state index is 12.0. The number of likely N-dealkylation sites (N-methyl/N-ethyl adjacent to an activating group) is 1. The van der Waals surface area contributed by atoms with Gasteiger partial charge in [0.1, 0.15) is 0 Å². The van der Waals surface area contributed by atoms with Crippen molar-refractivity contribution in [3.8, 4) is 0 Å². The molecule has 1 aliphatic carbocycles. The van der Waals surface area contributed by atoms with Gasteiger partial charge in [-0.25, -0.2) is 0 Å². The fourth-order valence-corrected chi connectivity index (χ4v) is 2.71. The molecule has 0 spiro atoms. The first-order valence-corrected chi connectivity index (χ1v) is 7.12. The summed E-state index contributed by atoms with van der Waals surface area (Å²) in [6, 6.07) is -0.0846. The van der Waals surface area contributed by atoms with E-state index in [0.717, 1.165) is 12.3 Å². The van der Waals surface area contributed by atoms with Gasteiger partial charge in [0.05, 0.1) is 6.61 Å². The number of methoxy groups -OCH3 is 1. The second-order valence-corrected chi connectivity index (χ2v) is 5.53. The normalized spacial score (nSPS) is 18.6. The summed E-state index contributed by atoms with van der Waals surface area (Å²) < 4.78 is 4.98. The summed E-state index contributed by atoms with van der Waals surface area (Å²) in [5, 5.41) is 0. The van der Waals surface area contributed by atoms with Crippen LogP contribution in [0, 0.1) is 5.92 Å². The molecular formula is C14H28N2O2. The third-order valence-corrected chi connectivity index (χ3v) is 3.81. The van der Waals surface area contributed by atoms with Crippen LogP contribution < -0.4 is 5.73 Å². The van der Waals surface area contributed by atoms with E-state index in [4.69, 9.17) is 10.5 Å². The van der Waals surface area contributed by atoms with Crippen molar-refractivity contribution in [2.24, 2.45) is 11.7 Å². The Labute approximate surface area is 111 Å². The van der Waals surface area contributed by atoms with Crippen LogP contribution in [-0.4, -0.2) is 44.2 Å². The molecule has 106 valence electrons. The average Bonchev–Trinajstić information content (AvgIpc) is 2.37. The maximum atomic E-state index is 12.0.